The van der Waals surface area contributed by atoms with E-state index in [2.05, 4.69) is 22.0 Å². The molecule has 0 amide bonds. The van der Waals surface area contributed by atoms with Crippen LogP contribution in [0.5, 0.6) is 5.75 Å². The molecule has 2 unspecified atom stereocenters. The van der Waals surface area contributed by atoms with E-state index < -0.39 is 6.61 Å². The number of para-hydroxylation sites is 2. The standard InChI is InChI=1S/C13H16F2N2OS/c1-8-7-19-13(16-9(8)2)17-10-5-3-4-6-11(10)18-12(14)15/h3-6,8-9,12H,7H2,1-2H3,(H,16,17). The third-order valence-corrected chi connectivity index (χ3v) is 4.15. The molecule has 1 aliphatic heterocycles. The van der Waals surface area contributed by atoms with Gasteiger partial charge in [0.15, 0.2) is 5.17 Å². The zero-order chi connectivity index (χ0) is 13.8. The van der Waals surface area contributed by atoms with Crippen LogP contribution in [0.3, 0.4) is 0 Å². The largest absolute Gasteiger partial charge is 0.433 e. The average molecular weight is 286 g/mol. The predicted molar refractivity (Wildman–Crippen MR) is 75.2 cm³/mol. The van der Waals surface area contributed by atoms with Crippen molar-refractivity contribution in [1.29, 1.82) is 0 Å². The maximum atomic E-state index is 12.3. The number of amidine groups is 1. The SMILES string of the molecule is CC1CSC(Nc2ccccc2OC(F)F)=NC1C. The minimum absolute atomic E-state index is 0.132. The molecule has 2 rings (SSSR count). The number of hydrogen-bond donors (Lipinski definition) is 1. The highest BCUT2D eigenvalue weighted by molar-refractivity contribution is 8.14. The predicted octanol–water partition coefficient (Wildman–Crippen LogP) is 3.83. The fraction of sp³-hybridized carbons (Fsp3) is 0.462. The Balaban J connectivity index is 2.13. The highest BCUT2D eigenvalue weighted by atomic mass is 32.2. The molecular formula is C13H16F2N2OS. The van der Waals surface area contributed by atoms with Crippen LogP contribution in [-0.4, -0.2) is 23.6 Å². The van der Waals surface area contributed by atoms with Crippen molar-refractivity contribution in [1.82, 2.24) is 0 Å². The summed E-state index contributed by atoms with van der Waals surface area (Å²) in [6.45, 7) is 1.36. The number of rotatable bonds is 3. The first-order chi connectivity index (χ1) is 9.06. The molecule has 104 valence electrons. The van der Waals surface area contributed by atoms with Gasteiger partial charge in [-0.25, -0.2) is 0 Å². The molecule has 19 heavy (non-hydrogen) atoms. The number of nitrogens with one attached hydrogen (secondary N) is 1. The molecule has 1 aliphatic rings. The number of halogens is 2. The lowest BCUT2D eigenvalue weighted by molar-refractivity contribution is -0.0493. The smallest absolute Gasteiger partial charge is 0.387 e. The lowest BCUT2D eigenvalue weighted by Gasteiger charge is -2.24. The molecule has 2 atom stereocenters. The van der Waals surface area contributed by atoms with E-state index in [1.807, 2.05) is 6.92 Å². The Morgan fingerprint density at radius 1 is 1.37 bits per heavy atom. The first-order valence-electron chi connectivity index (χ1n) is 6.07. The summed E-state index contributed by atoms with van der Waals surface area (Å²) in [6.07, 6.45) is 0. The van der Waals surface area contributed by atoms with Crippen LogP contribution in [0.1, 0.15) is 13.8 Å². The van der Waals surface area contributed by atoms with Crippen LogP contribution in [0.15, 0.2) is 29.3 Å². The number of thioether (sulfide) groups is 1. The molecule has 0 saturated carbocycles. The number of ether oxygens (including phenoxy) is 1. The second-order valence-electron chi connectivity index (χ2n) is 4.46. The van der Waals surface area contributed by atoms with Crippen molar-refractivity contribution in [3.8, 4) is 5.75 Å². The minimum atomic E-state index is -2.83. The number of benzene rings is 1. The number of hydrogen-bond acceptors (Lipinski definition) is 4. The molecule has 0 spiro atoms. The normalized spacial score (nSPS) is 23.1. The van der Waals surface area contributed by atoms with Crippen LogP contribution in [0.2, 0.25) is 0 Å². The van der Waals surface area contributed by atoms with Gasteiger partial charge in [0, 0.05) is 5.75 Å². The summed E-state index contributed by atoms with van der Waals surface area (Å²) in [5, 5.41) is 3.81. The molecule has 0 saturated heterocycles. The van der Waals surface area contributed by atoms with Crippen LogP contribution < -0.4 is 10.1 Å². The summed E-state index contributed by atoms with van der Waals surface area (Å²) in [5.41, 5.74) is 0.510. The number of nitrogens with zero attached hydrogens (tertiary/aromatic N) is 1. The molecule has 0 aliphatic carbocycles. The Bertz CT molecular complexity index is 468. The highest BCUT2D eigenvalue weighted by Gasteiger charge is 2.20. The summed E-state index contributed by atoms with van der Waals surface area (Å²) in [4.78, 5) is 4.50. The molecule has 1 aromatic rings. The van der Waals surface area contributed by atoms with E-state index >= 15 is 0 Å². The fourth-order valence-corrected chi connectivity index (χ4v) is 2.77. The van der Waals surface area contributed by atoms with Crippen LogP contribution in [0, 0.1) is 5.92 Å². The van der Waals surface area contributed by atoms with E-state index in [1.165, 1.54) is 6.07 Å². The maximum Gasteiger partial charge on any atom is 0.387 e. The Morgan fingerprint density at radius 3 is 2.79 bits per heavy atom. The molecule has 1 heterocycles. The lowest BCUT2D eigenvalue weighted by atomic mass is 10.1. The van der Waals surface area contributed by atoms with E-state index in [0.29, 0.717) is 11.6 Å². The Labute approximate surface area is 115 Å². The average Bonchev–Trinajstić information content (AvgIpc) is 2.36. The topological polar surface area (TPSA) is 33.6 Å². The zero-order valence-electron chi connectivity index (χ0n) is 10.8. The van der Waals surface area contributed by atoms with Gasteiger partial charge < -0.3 is 10.1 Å². The Morgan fingerprint density at radius 2 is 2.11 bits per heavy atom. The molecular weight excluding hydrogens is 270 g/mol. The molecule has 0 radical (unpaired) electrons. The second kappa shape index (κ2) is 6.23. The van der Waals surface area contributed by atoms with Gasteiger partial charge >= 0.3 is 6.61 Å². The van der Waals surface area contributed by atoms with Crippen molar-refractivity contribution in [2.24, 2.45) is 10.9 Å². The Hall–Kier alpha value is -1.30. The van der Waals surface area contributed by atoms with Gasteiger partial charge in [0.05, 0.1) is 11.7 Å². The number of anilines is 1. The first kappa shape index (κ1) is 14.1. The molecule has 3 nitrogen and oxygen atoms in total. The summed E-state index contributed by atoms with van der Waals surface area (Å²) in [7, 11) is 0. The van der Waals surface area contributed by atoms with Gasteiger partial charge in [-0.15, -0.1) is 0 Å². The van der Waals surface area contributed by atoms with E-state index in [0.717, 1.165) is 10.9 Å². The van der Waals surface area contributed by atoms with Crippen LogP contribution in [-0.2, 0) is 0 Å². The zero-order valence-corrected chi connectivity index (χ0v) is 11.6. The monoisotopic (exact) mass is 286 g/mol. The van der Waals surface area contributed by atoms with E-state index in [-0.39, 0.29) is 11.8 Å². The van der Waals surface area contributed by atoms with Crippen molar-refractivity contribution < 1.29 is 13.5 Å². The summed E-state index contributed by atoms with van der Waals surface area (Å²) in [5.74, 6) is 1.61. The van der Waals surface area contributed by atoms with Crippen molar-refractivity contribution in [2.45, 2.75) is 26.5 Å². The van der Waals surface area contributed by atoms with E-state index in [4.69, 9.17) is 0 Å². The molecule has 6 heteroatoms. The van der Waals surface area contributed by atoms with Crippen molar-refractivity contribution in [2.75, 3.05) is 11.1 Å². The van der Waals surface area contributed by atoms with E-state index in [9.17, 15) is 8.78 Å². The maximum absolute atomic E-state index is 12.3. The second-order valence-corrected chi connectivity index (χ2v) is 5.47. The summed E-state index contributed by atoms with van der Waals surface area (Å²) < 4.78 is 29.1. The lowest BCUT2D eigenvalue weighted by Crippen LogP contribution is -2.25. The first-order valence-corrected chi connectivity index (χ1v) is 7.06. The molecule has 0 fully saturated rings. The van der Waals surface area contributed by atoms with Gasteiger partial charge in [0.1, 0.15) is 5.75 Å². The summed E-state index contributed by atoms with van der Waals surface area (Å²) >= 11 is 1.59. The molecule has 0 bridgehead atoms. The van der Waals surface area contributed by atoms with Gasteiger partial charge in [0.2, 0.25) is 0 Å². The van der Waals surface area contributed by atoms with E-state index in [1.54, 1.807) is 30.0 Å². The van der Waals surface area contributed by atoms with Gasteiger partial charge in [-0.05, 0) is 25.0 Å². The van der Waals surface area contributed by atoms with Crippen LogP contribution in [0.4, 0.5) is 14.5 Å². The quantitative estimate of drug-likeness (QED) is 0.917. The molecule has 1 aromatic carbocycles. The van der Waals surface area contributed by atoms with Crippen LogP contribution in [0.25, 0.3) is 0 Å². The Kier molecular flexibility index (Phi) is 4.63. The number of aliphatic imine (C=N–C) groups is 1. The van der Waals surface area contributed by atoms with Gasteiger partial charge in [-0.3, -0.25) is 4.99 Å². The third-order valence-electron chi connectivity index (χ3n) is 2.97. The highest BCUT2D eigenvalue weighted by Crippen LogP contribution is 2.29. The molecule has 1 N–H and O–H groups in total. The fourth-order valence-electron chi connectivity index (χ4n) is 1.65. The van der Waals surface area contributed by atoms with Gasteiger partial charge in [0.25, 0.3) is 0 Å². The van der Waals surface area contributed by atoms with Gasteiger partial charge in [-0.2, -0.15) is 8.78 Å². The number of alkyl halides is 2. The van der Waals surface area contributed by atoms with Crippen molar-refractivity contribution in [3.63, 3.8) is 0 Å². The minimum Gasteiger partial charge on any atom is -0.433 e. The summed E-state index contributed by atoms with van der Waals surface area (Å²) in [6, 6.07) is 6.86. The molecule has 0 aromatic heterocycles. The van der Waals surface area contributed by atoms with Gasteiger partial charge in [-0.1, -0.05) is 30.8 Å². The van der Waals surface area contributed by atoms with Crippen molar-refractivity contribution >= 4 is 22.6 Å². The van der Waals surface area contributed by atoms with Crippen molar-refractivity contribution in [3.05, 3.63) is 24.3 Å². The third kappa shape index (κ3) is 3.83. The van der Waals surface area contributed by atoms with Crippen LogP contribution >= 0.6 is 11.8 Å².